The molecule has 0 aliphatic heterocycles. The van der Waals surface area contributed by atoms with Crippen LogP contribution in [0.1, 0.15) is 0 Å². The summed E-state index contributed by atoms with van der Waals surface area (Å²) in [5.74, 6) is -4.28. The zero-order valence-corrected chi connectivity index (χ0v) is 5.80. The number of rotatable bonds is 4. The number of aliphatic carboxylic acids is 2. The van der Waals surface area contributed by atoms with Gasteiger partial charge in [0.25, 0.3) is 0 Å². The van der Waals surface area contributed by atoms with Crippen molar-refractivity contribution in [1.82, 2.24) is 0 Å². The summed E-state index contributed by atoms with van der Waals surface area (Å²) >= 11 is 0. The molecule has 3 N–H and O–H groups in total. The molecule has 0 bridgehead atoms. The van der Waals surface area contributed by atoms with Gasteiger partial charge in [-0.2, -0.15) is 0 Å². The highest BCUT2D eigenvalue weighted by Crippen LogP contribution is 1.88. The molecule has 12 heavy (non-hydrogen) atoms. The highest BCUT2D eigenvalue weighted by atomic mass is 16.4. The summed E-state index contributed by atoms with van der Waals surface area (Å²) in [7, 11) is 0. The van der Waals surface area contributed by atoms with Crippen LogP contribution in [0.15, 0.2) is 12.2 Å². The van der Waals surface area contributed by atoms with Gasteiger partial charge < -0.3 is 15.3 Å². The molecule has 6 nitrogen and oxygen atoms in total. The van der Waals surface area contributed by atoms with Crippen LogP contribution in [0.4, 0.5) is 0 Å². The van der Waals surface area contributed by atoms with Crippen LogP contribution < -0.4 is 0 Å². The molecule has 0 aromatic rings. The Balaban J connectivity index is 4.22. The topological polar surface area (TPSA) is 112 Å². The summed E-state index contributed by atoms with van der Waals surface area (Å²) in [6, 6.07) is 0. The Kier molecular flexibility index (Phi) is 3.65. The molecule has 0 aliphatic carbocycles. The first-order valence-electron chi connectivity index (χ1n) is 2.81. The van der Waals surface area contributed by atoms with Crippen LogP contribution >= 0.6 is 0 Å². The van der Waals surface area contributed by atoms with Gasteiger partial charge in [0.2, 0.25) is 6.10 Å². The fraction of sp³-hybridized carbons (Fsp3) is 0.167. The fourth-order valence-electron chi connectivity index (χ4n) is 0.366. The van der Waals surface area contributed by atoms with E-state index in [1.54, 1.807) is 0 Å². The Hall–Kier alpha value is -1.69. The normalized spacial score (nSPS) is 12.8. The molecule has 1 unspecified atom stereocenters. The lowest BCUT2D eigenvalue weighted by atomic mass is 10.2. The minimum atomic E-state index is -2.19. The minimum absolute atomic E-state index is 0.453. The van der Waals surface area contributed by atoms with Crippen molar-refractivity contribution in [3.8, 4) is 0 Å². The number of carbonyl (C=O) groups excluding carboxylic acids is 1. The molecule has 0 aliphatic rings. The summed E-state index contributed by atoms with van der Waals surface area (Å²) < 4.78 is 0. The fourth-order valence-corrected chi connectivity index (χ4v) is 0.366. The number of hydrogen-bond acceptors (Lipinski definition) is 4. The van der Waals surface area contributed by atoms with Gasteiger partial charge in [-0.05, 0) is 6.08 Å². The van der Waals surface area contributed by atoms with Gasteiger partial charge in [-0.1, -0.05) is 0 Å². The molecule has 0 saturated heterocycles. The summed E-state index contributed by atoms with van der Waals surface area (Å²) in [5, 5.41) is 24.6. The van der Waals surface area contributed by atoms with E-state index in [2.05, 4.69) is 0 Å². The molecule has 0 aromatic heterocycles. The lowest BCUT2D eigenvalue weighted by Gasteiger charge is -1.97. The molecule has 0 spiro atoms. The van der Waals surface area contributed by atoms with Crippen LogP contribution in [0.3, 0.4) is 0 Å². The summed E-state index contributed by atoms with van der Waals surface area (Å²) in [5.41, 5.74) is 0. The largest absolute Gasteiger partial charge is 0.479 e. The van der Waals surface area contributed by atoms with Gasteiger partial charge in [0.1, 0.15) is 0 Å². The first-order chi connectivity index (χ1) is 5.45. The van der Waals surface area contributed by atoms with Crippen LogP contribution in [0.25, 0.3) is 0 Å². The van der Waals surface area contributed by atoms with E-state index in [1.165, 1.54) is 0 Å². The van der Waals surface area contributed by atoms with Gasteiger partial charge in [-0.3, -0.25) is 4.79 Å². The predicted octanol–water partition coefficient (Wildman–Crippen LogP) is -1.36. The molecule has 0 heterocycles. The molecule has 0 fully saturated rings. The second-order valence-electron chi connectivity index (χ2n) is 1.81. The molecule has 66 valence electrons. The number of carboxylic acid groups (broad SMARTS) is 2. The van der Waals surface area contributed by atoms with E-state index in [1.807, 2.05) is 0 Å². The second kappa shape index (κ2) is 4.24. The standard InChI is InChI=1S/C6H6O6/c7-3(1-2-4(8)9)5(10)6(11)12/h1-2,5,10H,(H,8,9)(H,11,12). The average molecular weight is 174 g/mol. The highest BCUT2D eigenvalue weighted by Gasteiger charge is 2.20. The monoisotopic (exact) mass is 174 g/mol. The molecule has 0 amide bonds. The maximum atomic E-state index is 10.5. The minimum Gasteiger partial charge on any atom is -0.479 e. The van der Waals surface area contributed by atoms with Gasteiger partial charge in [-0.15, -0.1) is 0 Å². The number of aliphatic hydroxyl groups is 1. The van der Waals surface area contributed by atoms with Crippen molar-refractivity contribution < 1.29 is 29.7 Å². The van der Waals surface area contributed by atoms with E-state index in [-0.39, 0.29) is 0 Å². The SMILES string of the molecule is O=C(O)C=CC(=O)C(O)C(=O)O. The van der Waals surface area contributed by atoms with Crippen LogP contribution in [-0.2, 0) is 14.4 Å². The van der Waals surface area contributed by atoms with Crippen LogP contribution in [0, 0.1) is 0 Å². The van der Waals surface area contributed by atoms with E-state index < -0.39 is 23.8 Å². The van der Waals surface area contributed by atoms with Crippen molar-refractivity contribution >= 4 is 17.7 Å². The van der Waals surface area contributed by atoms with Crippen molar-refractivity contribution in [2.45, 2.75) is 6.10 Å². The Bertz CT molecular complexity index is 240. The van der Waals surface area contributed by atoms with E-state index in [0.717, 1.165) is 0 Å². The number of aliphatic hydroxyl groups excluding tert-OH is 1. The number of carbonyl (C=O) groups is 3. The van der Waals surface area contributed by atoms with Crippen LogP contribution in [0.5, 0.6) is 0 Å². The molecular formula is C6H6O6. The van der Waals surface area contributed by atoms with Crippen molar-refractivity contribution in [2.24, 2.45) is 0 Å². The maximum absolute atomic E-state index is 10.5. The third kappa shape index (κ3) is 3.47. The van der Waals surface area contributed by atoms with Gasteiger partial charge >= 0.3 is 11.9 Å². The Morgan fingerprint density at radius 2 is 1.58 bits per heavy atom. The first kappa shape index (κ1) is 10.3. The smallest absolute Gasteiger partial charge is 0.340 e. The predicted molar refractivity (Wildman–Crippen MR) is 35.4 cm³/mol. The average Bonchev–Trinajstić information content (AvgIpc) is 1.98. The Morgan fingerprint density at radius 3 is 1.92 bits per heavy atom. The summed E-state index contributed by atoms with van der Waals surface area (Å²) in [6.45, 7) is 0. The van der Waals surface area contributed by atoms with Gasteiger partial charge in [-0.25, -0.2) is 9.59 Å². The van der Waals surface area contributed by atoms with E-state index in [0.29, 0.717) is 12.2 Å². The van der Waals surface area contributed by atoms with Gasteiger partial charge in [0.05, 0.1) is 0 Å². The Morgan fingerprint density at radius 1 is 1.08 bits per heavy atom. The quantitative estimate of drug-likeness (QED) is 0.358. The zero-order valence-electron chi connectivity index (χ0n) is 5.80. The van der Waals surface area contributed by atoms with Crippen molar-refractivity contribution in [1.29, 1.82) is 0 Å². The van der Waals surface area contributed by atoms with E-state index in [4.69, 9.17) is 15.3 Å². The third-order valence-corrected chi connectivity index (χ3v) is 0.894. The van der Waals surface area contributed by atoms with E-state index in [9.17, 15) is 14.4 Å². The number of ketones is 1. The lowest BCUT2D eigenvalue weighted by molar-refractivity contribution is -0.150. The van der Waals surface area contributed by atoms with Gasteiger partial charge in [0, 0.05) is 6.08 Å². The van der Waals surface area contributed by atoms with Crippen LogP contribution in [0.2, 0.25) is 0 Å². The Labute approximate surface area is 66.7 Å². The molecule has 6 heteroatoms. The van der Waals surface area contributed by atoms with Crippen molar-refractivity contribution in [3.05, 3.63) is 12.2 Å². The molecule has 0 radical (unpaired) electrons. The van der Waals surface area contributed by atoms with Crippen molar-refractivity contribution in [2.75, 3.05) is 0 Å². The highest BCUT2D eigenvalue weighted by molar-refractivity contribution is 6.08. The second-order valence-corrected chi connectivity index (χ2v) is 1.81. The molecule has 1 atom stereocenters. The third-order valence-electron chi connectivity index (χ3n) is 0.894. The van der Waals surface area contributed by atoms with Crippen LogP contribution in [-0.4, -0.2) is 39.1 Å². The molecule has 0 rings (SSSR count). The van der Waals surface area contributed by atoms with E-state index >= 15 is 0 Å². The summed E-state index contributed by atoms with van der Waals surface area (Å²) in [4.78, 5) is 30.3. The first-order valence-corrected chi connectivity index (χ1v) is 2.81. The number of hydrogen-bond donors (Lipinski definition) is 3. The molecule has 0 saturated carbocycles. The maximum Gasteiger partial charge on any atom is 0.340 e. The lowest BCUT2D eigenvalue weighted by Crippen LogP contribution is -2.28. The molecular weight excluding hydrogens is 168 g/mol. The van der Waals surface area contributed by atoms with Crippen molar-refractivity contribution in [3.63, 3.8) is 0 Å². The zero-order chi connectivity index (χ0) is 9.72. The van der Waals surface area contributed by atoms with Gasteiger partial charge in [0.15, 0.2) is 5.78 Å². The molecule has 0 aromatic carbocycles. The number of carboxylic acids is 2. The summed E-state index contributed by atoms with van der Waals surface area (Å²) in [6.07, 6.45) is -1.25.